The highest BCUT2D eigenvalue weighted by Crippen LogP contribution is 2.32. The first kappa shape index (κ1) is 17.0. The van der Waals surface area contributed by atoms with Crippen LogP contribution in [0.1, 0.15) is 16.8 Å². The topological polar surface area (TPSA) is 68.8 Å². The van der Waals surface area contributed by atoms with Gasteiger partial charge in [0, 0.05) is 28.0 Å². The first-order chi connectivity index (χ1) is 13.6. The van der Waals surface area contributed by atoms with Crippen LogP contribution in [0, 0.1) is 0 Å². The number of halogens is 1. The van der Waals surface area contributed by atoms with E-state index in [0.29, 0.717) is 18.0 Å². The molecule has 2 amide bonds. The number of hydrogen-bond donors (Lipinski definition) is 1. The number of fused-ring (bicyclic) bond motifs is 4. The SMILES string of the molecule is O=C1[C@H]2Cc3c([nH]c4ccccc34)CN2C(=O)CN1/N=C\c1cccc(Cl)c1. The van der Waals surface area contributed by atoms with E-state index in [-0.39, 0.29) is 18.4 Å². The molecule has 0 spiro atoms. The fourth-order valence-corrected chi connectivity index (χ4v) is 4.18. The lowest BCUT2D eigenvalue weighted by atomic mass is 9.94. The zero-order valence-electron chi connectivity index (χ0n) is 14.9. The Balaban J connectivity index is 1.45. The number of aromatic nitrogens is 1. The summed E-state index contributed by atoms with van der Waals surface area (Å²) < 4.78 is 0. The smallest absolute Gasteiger partial charge is 0.266 e. The average Bonchev–Trinajstić information content (AvgIpc) is 3.06. The van der Waals surface area contributed by atoms with E-state index in [4.69, 9.17) is 11.6 Å². The molecule has 7 heteroatoms. The Morgan fingerprint density at radius 2 is 1.96 bits per heavy atom. The molecule has 140 valence electrons. The first-order valence-electron chi connectivity index (χ1n) is 9.09. The first-order valence-corrected chi connectivity index (χ1v) is 9.47. The maximum atomic E-state index is 13.0. The number of nitrogens with one attached hydrogen (secondary N) is 1. The summed E-state index contributed by atoms with van der Waals surface area (Å²) in [4.78, 5) is 30.8. The molecule has 5 rings (SSSR count). The van der Waals surface area contributed by atoms with E-state index in [0.717, 1.165) is 27.7 Å². The average molecular weight is 393 g/mol. The van der Waals surface area contributed by atoms with E-state index >= 15 is 0 Å². The highest BCUT2D eigenvalue weighted by atomic mass is 35.5. The van der Waals surface area contributed by atoms with Crippen LogP contribution >= 0.6 is 11.6 Å². The second kappa shape index (κ2) is 6.49. The molecule has 0 aliphatic carbocycles. The van der Waals surface area contributed by atoms with Crippen molar-refractivity contribution in [3.8, 4) is 0 Å². The molecule has 1 aromatic heterocycles. The number of aromatic amines is 1. The highest BCUT2D eigenvalue weighted by molar-refractivity contribution is 6.30. The summed E-state index contributed by atoms with van der Waals surface area (Å²) >= 11 is 5.99. The number of rotatable bonds is 2. The van der Waals surface area contributed by atoms with Crippen molar-refractivity contribution in [3.63, 3.8) is 0 Å². The Morgan fingerprint density at radius 1 is 1.11 bits per heavy atom. The van der Waals surface area contributed by atoms with Crippen molar-refractivity contribution >= 4 is 40.5 Å². The molecule has 0 unspecified atom stereocenters. The molecule has 1 fully saturated rings. The van der Waals surface area contributed by atoms with Crippen molar-refractivity contribution in [2.75, 3.05) is 6.54 Å². The third-order valence-electron chi connectivity index (χ3n) is 5.34. The number of nitrogens with zero attached hydrogens (tertiary/aromatic N) is 3. The fourth-order valence-electron chi connectivity index (χ4n) is 3.98. The van der Waals surface area contributed by atoms with Gasteiger partial charge in [-0.3, -0.25) is 9.59 Å². The molecule has 2 aliphatic rings. The third kappa shape index (κ3) is 2.77. The van der Waals surface area contributed by atoms with Gasteiger partial charge in [0.25, 0.3) is 5.91 Å². The molecule has 3 aromatic rings. The molecule has 3 heterocycles. The van der Waals surface area contributed by atoms with E-state index in [2.05, 4.69) is 10.1 Å². The van der Waals surface area contributed by atoms with Gasteiger partial charge in [-0.1, -0.05) is 41.9 Å². The minimum atomic E-state index is -0.524. The van der Waals surface area contributed by atoms with E-state index in [1.807, 2.05) is 36.4 Å². The lowest BCUT2D eigenvalue weighted by molar-refractivity contribution is -0.157. The van der Waals surface area contributed by atoms with Crippen molar-refractivity contribution in [3.05, 3.63) is 70.4 Å². The minimum absolute atomic E-state index is 0.0536. The molecule has 0 radical (unpaired) electrons. The predicted molar refractivity (Wildman–Crippen MR) is 107 cm³/mol. The standard InChI is InChI=1S/C21H17ClN4O2/c22-14-5-3-4-13(8-14)10-23-26-12-20(27)25-11-18-16(9-19(25)21(26)28)15-6-1-2-7-17(15)24-18/h1-8,10,19,24H,9,11-12H2/b23-10-/t19-/m1/s1. The van der Waals surface area contributed by atoms with Crippen molar-refractivity contribution in [1.29, 1.82) is 0 Å². The van der Waals surface area contributed by atoms with Crippen LogP contribution in [0.4, 0.5) is 0 Å². The number of carbonyl (C=O) groups excluding carboxylic acids is 2. The van der Waals surface area contributed by atoms with E-state index in [9.17, 15) is 9.59 Å². The van der Waals surface area contributed by atoms with Gasteiger partial charge in [-0.25, -0.2) is 5.01 Å². The summed E-state index contributed by atoms with van der Waals surface area (Å²) in [6.45, 7) is 0.368. The van der Waals surface area contributed by atoms with Crippen LogP contribution in [0.3, 0.4) is 0 Å². The largest absolute Gasteiger partial charge is 0.357 e. The molecule has 1 saturated heterocycles. The molecule has 1 atom stereocenters. The lowest BCUT2D eigenvalue weighted by Gasteiger charge is -2.40. The van der Waals surface area contributed by atoms with Crippen molar-refractivity contribution in [1.82, 2.24) is 14.9 Å². The number of H-pyrrole nitrogens is 1. The second-order valence-electron chi connectivity index (χ2n) is 7.06. The summed E-state index contributed by atoms with van der Waals surface area (Å²) in [6, 6.07) is 14.7. The quantitative estimate of drug-likeness (QED) is 0.681. The number of para-hydroxylation sites is 1. The Morgan fingerprint density at radius 3 is 2.82 bits per heavy atom. The van der Waals surface area contributed by atoms with Crippen molar-refractivity contribution < 1.29 is 9.59 Å². The molecule has 6 nitrogen and oxygen atoms in total. The predicted octanol–water partition coefficient (Wildman–Crippen LogP) is 2.95. The summed E-state index contributed by atoms with van der Waals surface area (Å²) in [5.74, 6) is -0.258. The molecule has 2 aliphatic heterocycles. The van der Waals surface area contributed by atoms with Gasteiger partial charge in [-0.05, 0) is 29.3 Å². The maximum absolute atomic E-state index is 13.0. The zero-order chi connectivity index (χ0) is 19.3. The van der Waals surface area contributed by atoms with Crippen molar-refractivity contribution in [2.24, 2.45) is 5.10 Å². The van der Waals surface area contributed by atoms with Gasteiger partial charge in [0.15, 0.2) is 0 Å². The van der Waals surface area contributed by atoms with Gasteiger partial charge in [-0.2, -0.15) is 5.10 Å². The van der Waals surface area contributed by atoms with Crippen LogP contribution in [0.15, 0.2) is 53.6 Å². The van der Waals surface area contributed by atoms with Crippen molar-refractivity contribution in [2.45, 2.75) is 19.0 Å². The number of hydrazone groups is 1. The van der Waals surface area contributed by atoms with E-state index in [1.165, 1.54) is 5.01 Å². The van der Waals surface area contributed by atoms with Gasteiger partial charge < -0.3 is 9.88 Å². The van der Waals surface area contributed by atoms with Gasteiger partial charge in [0.2, 0.25) is 5.91 Å². The fraction of sp³-hybridized carbons (Fsp3) is 0.190. The number of amides is 2. The van der Waals surface area contributed by atoms with Crippen LogP contribution in [0.2, 0.25) is 5.02 Å². The van der Waals surface area contributed by atoms with Gasteiger partial charge in [0.05, 0.1) is 12.8 Å². The Bertz CT molecular complexity index is 1140. The van der Waals surface area contributed by atoms with E-state index in [1.54, 1.807) is 23.2 Å². The Labute approximate surface area is 166 Å². The van der Waals surface area contributed by atoms with Crippen LogP contribution < -0.4 is 0 Å². The van der Waals surface area contributed by atoms with E-state index < -0.39 is 6.04 Å². The molecular weight excluding hydrogens is 376 g/mol. The van der Waals surface area contributed by atoms with Crippen LogP contribution in [0.5, 0.6) is 0 Å². The van der Waals surface area contributed by atoms with Gasteiger partial charge in [-0.15, -0.1) is 0 Å². The number of piperazine rings is 1. The monoisotopic (exact) mass is 392 g/mol. The van der Waals surface area contributed by atoms with Gasteiger partial charge >= 0.3 is 0 Å². The van der Waals surface area contributed by atoms with Crippen LogP contribution in [-0.4, -0.2) is 45.5 Å². The lowest BCUT2D eigenvalue weighted by Crippen LogP contribution is -2.60. The molecule has 0 bridgehead atoms. The molecule has 2 aromatic carbocycles. The molecule has 28 heavy (non-hydrogen) atoms. The summed E-state index contributed by atoms with van der Waals surface area (Å²) in [5.41, 5.74) is 3.92. The number of benzene rings is 2. The molecule has 0 saturated carbocycles. The third-order valence-corrected chi connectivity index (χ3v) is 5.58. The normalized spacial score (nSPS) is 19.4. The summed E-state index contributed by atoms with van der Waals surface area (Å²) in [6.07, 6.45) is 2.06. The number of hydrogen-bond acceptors (Lipinski definition) is 3. The maximum Gasteiger partial charge on any atom is 0.266 e. The summed E-state index contributed by atoms with van der Waals surface area (Å²) in [7, 11) is 0. The van der Waals surface area contributed by atoms with Crippen LogP contribution in [-0.2, 0) is 22.6 Å². The van der Waals surface area contributed by atoms with Gasteiger partial charge in [0.1, 0.15) is 12.6 Å². The minimum Gasteiger partial charge on any atom is -0.357 e. The Hall–Kier alpha value is -3.12. The Kier molecular flexibility index (Phi) is 3.94. The second-order valence-corrected chi connectivity index (χ2v) is 7.50. The number of carbonyl (C=O) groups is 2. The zero-order valence-corrected chi connectivity index (χ0v) is 15.7. The highest BCUT2D eigenvalue weighted by Gasteiger charge is 2.43. The summed E-state index contributed by atoms with van der Waals surface area (Å²) in [5, 5.41) is 7.24. The van der Waals surface area contributed by atoms with Crippen LogP contribution in [0.25, 0.3) is 10.9 Å². The molecule has 1 N–H and O–H groups in total. The molecular formula is C21H17ClN4O2.